The highest BCUT2D eigenvalue weighted by molar-refractivity contribution is 7.80. The van der Waals surface area contributed by atoms with Gasteiger partial charge < -0.3 is 10.1 Å². The van der Waals surface area contributed by atoms with E-state index in [9.17, 15) is 4.79 Å². The lowest BCUT2D eigenvalue weighted by Crippen LogP contribution is -2.31. The minimum absolute atomic E-state index is 0.105. The first kappa shape index (κ1) is 8.62. The zero-order valence-corrected chi connectivity index (χ0v) is 7.24. The highest BCUT2D eigenvalue weighted by atomic mass is 32.1. The van der Waals surface area contributed by atoms with Crippen molar-refractivity contribution >= 4 is 23.2 Å². The summed E-state index contributed by atoms with van der Waals surface area (Å²) in [6.45, 7) is 2.33. The fourth-order valence-electron chi connectivity index (χ4n) is 1.10. The number of rotatable bonds is 1. The first-order valence-corrected chi connectivity index (χ1v) is 4.06. The third kappa shape index (κ3) is 2.55. The maximum absolute atomic E-state index is 10.5. The van der Waals surface area contributed by atoms with Crippen LogP contribution in [0.5, 0.6) is 0 Å². The van der Waals surface area contributed by atoms with E-state index in [-0.39, 0.29) is 12.0 Å². The number of ether oxygens (including phenoxy) is 1. The van der Waals surface area contributed by atoms with Crippen LogP contribution in [0.25, 0.3) is 0 Å². The topological polar surface area (TPSA) is 38.3 Å². The van der Waals surface area contributed by atoms with Crippen LogP contribution in [0.4, 0.5) is 0 Å². The molecule has 3 nitrogen and oxygen atoms in total. The Morgan fingerprint density at radius 3 is 2.91 bits per heavy atom. The molecule has 0 aromatic rings. The van der Waals surface area contributed by atoms with Crippen LogP contribution in [-0.2, 0) is 9.53 Å². The van der Waals surface area contributed by atoms with E-state index in [4.69, 9.17) is 17.0 Å². The molecule has 62 valence electrons. The van der Waals surface area contributed by atoms with Gasteiger partial charge >= 0.3 is 5.97 Å². The molecule has 1 fully saturated rings. The van der Waals surface area contributed by atoms with Gasteiger partial charge in [-0.3, -0.25) is 4.79 Å². The predicted molar refractivity (Wildman–Crippen MR) is 45.4 cm³/mol. The molecule has 0 saturated carbocycles. The number of carbonyl (C=O) groups is 1. The first-order chi connectivity index (χ1) is 5.20. The molecular weight excluding hydrogens is 162 g/mol. The molecule has 11 heavy (non-hydrogen) atoms. The van der Waals surface area contributed by atoms with Crippen molar-refractivity contribution in [2.24, 2.45) is 0 Å². The maximum atomic E-state index is 10.5. The molecule has 1 heterocycles. The summed E-state index contributed by atoms with van der Waals surface area (Å²) in [6.07, 6.45) is 2.08. The molecule has 1 saturated heterocycles. The second-order valence-electron chi connectivity index (χ2n) is 2.56. The molecule has 0 unspecified atom stereocenters. The van der Waals surface area contributed by atoms with Gasteiger partial charge in [-0.25, -0.2) is 0 Å². The van der Waals surface area contributed by atoms with Crippen molar-refractivity contribution in [3.05, 3.63) is 0 Å². The van der Waals surface area contributed by atoms with Gasteiger partial charge in [-0.1, -0.05) is 0 Å². The van der Waals surface area contributed by atoms with Crippen LogP contribution >= 0.6 is 12.2 Å². The van der Waals surface area contributed by atoms with Gasteiger partial charge in [0.2, 0.25) is 0 Å². The van der Waals surface area contributed by atoms with Crippen LogP contribution in [0.1, 0.15) is 19.8 Å². The van der Waals surface area contributed by atoms with Crippen LogP contribution < -0.4 is 5.32 Å². The number of hydrogen-bond donors (Lipinski definition) is 1. The molecule has 0 spiro atoms. The summed E-state index contributed by atoms with van der Waals surface area (Å²) in [4.78, 5) is 10.5. The monoisotopic (exact) mass is 173 g/mol. The highest BCUT2D eigenvalue weighted by Crippen LogP contribution is 2.07. The minimum atomic E-state index is -0.330. The smallest absolute Gasteiger partial charge is 0.308 e. The van der Waals surface area contributed by atoms with E-state index < -0.39 is 0 Å². The quantitative estimate of drug-likeness (QED) is 0.466. The average Bonchev–Trinajstić information content (AvgIpc) is 2.35. The zero-order chi connectivity index (χ0) is 8.27. The highest BCUT2D eigenvalue weighted by Gasteiger charge is 2.20. The second kappa shape index (κ2) is 3.78. The van der Waals surface area contributed by atoms with Gasteiger partial charge in [0, 0.05) is 6.92 Å². The largest absolute Gasteiger partial charge is 0.418 e. The lowest BCUT2D eigenvalue weighted by molar-refractivity contribution is -0.133. The van der Waals surface area contributed by atoms with Crippen LogP contribution in [-0.4, -0.2) is 23.6 Å². The van der Waals surface area contributed by atoms with Gasteiger partial charge in [0.05, 0.1) is 6.04 Å². The summed E-state index contributed by atoms with van der Waals surface area (Å²) >= 11 is 4.88. The van der Waals surface area contributed by atoms with Gasteiger partial charge in [-0.15, -0.1) is 0 Å². The van der Waals surface area contributed by atoms with E-state index in [2.05, 4.69) is 5.32 Å². The Morgan fingerprint density at radius 1 is 1.73 bits per heavy atom. The third-order valence-electron chi connectivity index (χ3n) is 1.59. The molecule has 1 aliphatic heterocycles. The van der Waals surface area contributed by atoms with Crippen molar-refractivity contribution in [1.82, 2.24) is 5.32 Å². The Hall–Kier alpha value is -0.480. The molecule has 1 atom stereocenters. The van der Waals surface area contributed by atoms with Crippen molar-refractivity contribution in [2.75, 3.05) is 6.54 Å². The predicted octanol–water partition coefficient (Wildman–Crippen LogP) is 0.629. The SMILES string of the molecule is CC(=O)OC(=S)[C@@H]1CCCN1. The van der Waals surface area contributed by atoms with E-state index in [0.29, 0.717) is 5.05 Å². The Bertz CT molecular complexity index is 175. The van der Waals surface area contributed by atoms with Crippen molar-refractivity contribution in [2.45, 2.75) is 25.8 Å². The molecule has 0 aliphatic carbocycles. The summed E-state index contributed by atoms with van der Waals surface area (Å²) in [7, 11) is 0. The van der Waals surface area contributed by atoms with E-state index in [1.165, 1.54) is 6.92 Å². The summed E-state index contributed by atoms with van der Waals surface area (Å²) in [5.74, 6) is -0.330. The Labute approximate surface area is 71.1 Å². The lowest BCUT2D eigenvalue weighted by Gasteiger charge is -2.09. The van der Waals surface area contributed by atoms with Crippen LogP contribution in [0, 0.1) is 0 Å². The Kier molecular flexibility index (Phi) is 2.96. The molecule has 0 aromatic carbocycles. The van der Waals surface area contributed by atoms with Crippen LogP contribution in [0.15, 0.2) is 0 Å². The van der Waals surface area contributed by atoms with E-state index in [1.54, 1.807) is 0 Å². The molecular formula is C7H11NO2S. The van der Waals surface area contributed by atoms with Gasteiger partial charge in [-0.05, 0) is 31.6 Å². The van der Waals surface area contributed by atoms with E-state index in [0.717, 1.165) is 19.4 Å². The van der Waals surface area contributed by atoms with Crippen LogP contribution in [0.2, 0.25) is 0 Å². The molecule has 0 radical (unpaired) electrons. The molecule has 1 aliphatic rings. The zero-order valence-electron chi connectivity index (χ0n) is 6.42. The summed E-state index contributed by atoms with van der Waals surface area (Å²) in [5.41, 5.74) is 0. The number of esters is 1. The summed E-state index contributed by atoms with van der Waals surface area (Å²) in [5, 5.41) is 3.53. The Balaban J connectivity index is 2.34. The number of hydrogen-bond acceptors (Lipinski definition) is 4. The van der Waals surface area contributed by atoms with Gasteiger partial charge in [0.25, 0.3) is 0 Å². The second-order valence-corrected chi connectivity index (χ2v) is 2.96. The fraction of sp³-hybridized carbons (Fsp3) is 0.714. The van der Waals surface area contributed by atoms with Crippen LogP contribution in [0.3, 0.4) is 0 Å². The molecule has 0 aromatic heterocycles. The number of thiocarbonyl (C=S) groups is 1. The molecule has 1 N–H and O–H groups in total. The molecule has 0 bridgehead atoms. The normalized spacial score (nSPS) is 23.2. The Morgan fingerprint density at radius 2 is 2.45 bits per heavy atom. The molecule has 4 heteroatoms. The maximum Gasteiger partial charge on any atom is 0.308 e. The number of nitrogens with one attached hydrogen (secondary N) is 1. The molecule has 1 rings (SSSR count). The van der Waals surface area contributed by atoms with Gasteiger partial charge in [0.1, 0.15) is 0 Å². The lowest BCUT2D eigenvalue weighted by atomic mass is 10.2. The van der Waals surface area contributed by atoms with Gasteiger partial charge in [0.15, 0.2) is 5.05 Å². The summed E-state index contributed by atoms with van der Waals surface area (Å²) < 4.78 is 4.76. The van der Waals surface area contributed by atoms with Gasteiger partial charge in [-0.2, -0.15) is 0 Å². The third-order valence-corrected chi connectivity index (χ3v) is 1.96. The van der Waals surface area contributed by atoms with E-state index in [1.807, 2.05) is 0 Å². The average molecular weight is 173 g/mol. The minimum Gasteiger partial charge on any atom is -0.418 e. The van der Waals surface area contributed by atoms with Crippen molar-refractivity contribution < 1.29 is 9.53 Å². The molecule has 0 amide bonds. The van der Waals surface area contributed by atoms with Crippen molar-refractivity contribution in [3.63, 3.8) is 0 Å². The van der Waals surface area contributed by atoms with E-state index >= 15 is 0 Å². The van der Waals surface area contributed by atoms with Crippen molar-refractivity contribution in [3.8, 4) is 0 Å². The first-order valence-electron chi connectivity index (χ1n) is 3.66. The fourth-order valence-corrected chi connectivity index (χ4v) is 1.42. The summed E-state index contributed by atoms with van der Waals surface area (Å²) in [6, 6.07) is 0.105. The van der Waals surface area contributed by atoms with Crippen molar-refractivity contribution in [1.29, 1.82) is 0 Å². The standard InChI is InChI=1S/C7H11NO2S/c1-5(9)10-7(11)6-3-2-4-8-6/h6,8H,2-4H2,1H3/t6-/m0/s1. The number of carbonyl (C=O) groups excluding carboxylic acids is 1.